The normalized spacial score (nSPS) is 14.4. The molecule has 6 heteroatoms. The summed E-state index contributed by atoms with van der Waals surface area (Å²) in [5.74, 6) is 1.19. The number of rotatable bonds is 7. The first-order chi connectivity index (χ1) is 13.2. The molecule has 1 heterocycles. The third-order valence-corrected chi connectivity index (χ3v) is 4.43. The van der Waals surface area contributed by atoms with E-state index in [1.54, 1.807) is 4.90 Å². The van der Waals surface area contributed by atoms with Gasteiger partial charge in [-0.15, -0.1) is 0 Å². The highest BCUT2D eigenvalue weighted by molar-refractivity contribution is 5.79. The number of nitrogens with zero attached hydrogens (tertiary/aromatic N) is 1. The first kappa shape index (κ1) is 18.8. The smallest absolute Gasteiger partial charge is 0.260 e. The summed E-state index contributed by atoms with van der Waals surface area (Å²) in [6, 6.07) is 18.6. The third kappa shape index (κ3) is 6.02. The van der Waals surface area contributed by atoms with Crippen LogP contribution in [0, 0.1) is 0 Å². The van der Waals surface area contributed by atoms with Crippen molar-refractivity contribution in [1.29, 1.82) is 0 Å². The largest absolute Gasteiger partial charge is 0.484 e. The Hall–Kier alpha value is -3.02. The Balaban J connectivity index is 1.34. The van der Waals surface area contributed by atoms with Crippen molar-refractivity contribution in [3.05, 3.63) is 60.7 Å². The number of benzene rings is 2. The predicted octanol–water partition coefficient (Wildman–Crippen LogP) is 2.25. The summed E-state index contributed by atoms with van der Waals surface area (Å²) >= 11 is 0. The summed E-state index contributed by atoms with van der Waals surface area (Å²) in [5, 5.41) is 2.97. The van der Waals surface area contributed by atoms with Crippen molar-refractivity contribution >= 4 is 11.8 Å². The van der Waals surface area contributed by atoms with Gasteiger partial charge in [0, 0.05) is 19.1 Å². The molecule has 1 saturated heterocycles. The lowest BCUT2D eigenvalue weighted by atomic mass is 10.1. The molecule has 3 rings (SSSR count). The zero-order chi connectivity index (χ0) is 18.9. The molecule has 1 aliphatic heterocycles. The lowest BCUT2D eigenvalue weighted by Gasteiger charge is -2.32. The van der Waals surface area contributed by atoms with Crippen LogP contribution in [0.4, 0.5) is 0 Å². The first-order valence-corrected chi connectivity index (χ1v) is 9.13. The Morgan fingerprint density at radius 1 is 0.852 bits per heavy atom. The molecule has 1 aliphatic rings. The molecule has 0 radical (unpaired) electrons. The van der Waals surface area contributed by atoms with Crippen LogP contribution in [-0.4, -0.2) is 49.1 Å². The van der Waals surface area contributed by atoms with Gasteiger partial charge in [0.2, 0.25) is 0 Å². The van der Waals surface area contributed by atoms with E-state index in [0.717, 1.165) is 12.8 Å². The van der Waals surface area contributed by atoms with Gasteiger partial charge in [-0.05, 0) is 37.1 Å². The second kappa shape index (κ2) is 9.62. The summed E-state index contributed by atoms with van der Waals surface area (Å²) in [4.78, 5) is 26.1. The molecule has 2 amide bonds. The Labute approximate surface area is 159 Å². The van der Waals surface area contributed by atoms with Crippen LogP contribution in [0.25, 0.3) is 0 Å². The Morgan fingerprint density at radius 2 is 1.37 bits per heavy atom. The van der Waals surface area contributed by atoms with E-state index in [0.29, 0.717) is 24.6 Å². The maximum atomic E-state index is 12.3. The quantitative estimate of drug-likeness (QED) is 0.814. The minimum absolute atomic E-state index is 0.00588. The van der Waals surface area contributed by atoms with Gasteiger partial charge in [-0.3, -0.25) is 9.59 Å². The number of likely N-dealkylation sites (tertiary alicyclic amines) is 1. The van der Waals surface area contributed by atoms with Crippen molar-refractivity contribution in [2.75, 3.05) is 26.3 Å². The van der Waals surface area contributed by atoms with E-state index < -0.39 is 0 Å². The molecule has 0 unspecified atom stereocenters. The molecule has 0 spiro atoms. The van der Waals surface area contributed by atoms with Crippen LogP contribution in [0.3, 0.4) is 0 Å². The number of carbonyl (C=O) groups excluding carboxylic acids is 2. The topological polar surface area (TPSA) is 67.9 Å². The summed E-state index contributed by atoms with van der Waals surface area (Å²) in [6.45, 7) is 1.25. The van der Waals surface area contributed by atoms with Crippen LogP contribution in [0.15, 0.2) is 60.7 Å². The molecule has 0 aliphatic carbocycles. The summed E-state index contributed by atoms with van der Waals surface area (Å²) in [5.41, 5.74) is 0. The van der Waals surface area contributed by atoms with Crippen LogP contribution < -0.4 is 14.8 Å². The molecular weight excluding hydrogens is 344 g/mol. The minimum atomic E-state index is -0.143. The van der Waals surface area contributed by atoms with E-state index in [1.165, 1.54) is 0 Å². The first-order valence-electron chi connectivity index (χ1n) is 9.13. The van der Waals surface area contributed by atoms with Crippen LogP contribution in [0.1, 0.15) is 12.8 Å². The molecule has 2 aromatic carbocycles. The Kier molecular flexibility index (Phi) is 6.68. The van der Waals surface area contributed by atoms with Crippen molar-refractivity contribution in [3.63, 3.8) is 0 Å². The van der Waals surface area contributed by atoms with Gasteiger partial charge in [0.05, 0.1) is 0 Å². The number of amides is 2. The fourth-order valence-electron chi connectivity index (χ4n) is 2.96. The minimum Gasteiger partial charge on any atom is -0.484 e. The van der Waals surface area contributed by atoms with Crippen molar-refractivity contribution in [3.8, 4) is 11.5 Å². The van der Waals surface area contributed by atoms with Crippen LogP contribution in [-0.2, 0) is 9.59 Å². The van der Waals surface area contributed by atoms with Crippen molar-refractivity contribution < 1.29 is 19.1 Å². The van der Waals surface area contributed by atoms with Crippen LogP contribution >= 0.6 is 0 Å². The van der Waals surface area contributed by atoms with Gasteiger partial charge in [-0.2, -0.15) is 0 Å². The molecule has 0 saturated carbocycles. The second-order valence-corrected chi connectivity index (χ2v) is 6.43. The average molecular weight is 368 g/mol. The standard InChI is InChI=1S/C21H24N2O4/c24-20(15-26-18-7-3-1-4-8-18)22-17-11-13-23(14-12-17)21(25)16-27-19-9-5-2-6-10-19/h1-10,17H,11-16H2,(H,22,24). The molecule has 0 aromatic heterocycles. The van der Waals surface area contributed by atoms with Gasteiger partial charge in [0.25, 0.3) is 11.8 Å². The number of hydrogen-bond donors (Lipinski definition) is 1. The van der Waals surface area contributed by atoms with Gasteiger partial charge < -0.3 is 19.7 Å². The molecule has 0 bridgehead atoms. The van der Waals surface area contributed by atoms with Gasteiger partial charge in [0.1, 0.15) is 11.5 Å². The van der Waals surface area contributed by atoms with Gasteiger partial charge in [-0.1, -0.05) is 36.4 Å². The molecule has 0 atom stereocenters. The zero-order valence-electron chi connectivity index (χ0n) is 15.2. The van der Waals surface area contributed by atoms with E-state index >= 15 is 0 Å². The SMILES string of the molecule is O=C(COc1ccccc1)NC1CCN(C(=O)COc2ccccc2)CC1. The molecule has 6 nitrogen and oxygen atoms in total. The van der Waals surface area contributed by atoms with E-state index in [4.69, 9.17) is 9.47 Å². The second-order valence-electron chi connectivity index (χ2n) is 6.43. The summed E-state index contributed by atoms with van der Waals surface area (Å²) in [6.07, 6.45) is 1.46. The number of hydrogen-bond acceptors (Lipinski definition) is 4. The van der Waals surface area contributed by atoms with Gasteiger partial charge in [-0.25, -0.2) is 0 Å². The fraction of sp³-hybridized carbons (Fsp3) is 0.333. The Bertz CT molecular complexity index is 728. The highest BCUT2D eigenvalue weighted by Gasteiger charge is 2.24. The van der Waals surface area contributed by atoms with Gasteiger partial charge in [0.15, 0.2) is 13.2 Å². The van der Waals surface area contributed by atoms with Gasteiger partial charge >= 0.3 is 0 Å². The molecule has 1 N–H and O–H groups in total. The zero-order valence-corrected chi connectivity index (χ0v) is 15.2. The van der Waals surface area contributed by atoms with E-state index in [9.17, 15) is 9.59 Å². The number of carbonyl (C=O) groups is 2. The average Bonchev–Trinajstić information content (AvgIpc) is 2.72. The van der Waals surface area contributed by atoms with Crippen molar-refractivity contribution in [2.45, 2.75) is 18.9 Å². The molecular formula is C21H24N2O4. The van der Waals surface area contributed by atoms with Crippen molar-refractivity contribution in [1.82, 2.24) is 10.2 Å². The fourth-order valence-corrected chi connectivity index (χ4v) is 2.96. The summed E-state index contributed by atoms with van der Waals surface area (Å²) < 4.78 is 11.0. The highest BCUT2D eigenvalue weighted by Crippen LogP contribution is 2.13. The monoisotopic (exact) mass is 368 g/mol. The maximum Gasteiger partial charge on any atom is 0.260 e. The van der Waals surface area contributed by atoms with Crippen LogP contribution in [0.5, 0.6) is 11.5 Å². The van der Waals surface area contributed by atoms with E-state index in [1.807, 2.05) is 60.7 Å². The molecule has 1 fully saturated rings. The Morgan fingerprint density at radius 3 is 1.93 bits per heavy atom. The predicted molar refractivity (Wildman–Crippen MR) is 102 cm³/mol. The number of piperidine rings is 1. The van der Waals surface area contributed by atoms with E-state index in [2.05, 4.69) is 5.32 Å². The van der Waals surface area contributed by atoms with E-state index in [-0.39, 0.29) is 31.1 Å². The lowest BCUT2D eigenvalue weighted by molar-refractivity contribution is -0.134. The third-order valence-electron chi connectivity index (χ3n) is 4.43. The number of nitrogens with one attached hydrogen (secondary N) is 1. The number of ether oxygens (including phenoxy) is 2. The molecule has 27 heavy (non-hydrogen) atoms. The molecule has 2 aromatic rings. The lowest BCUT2D eigenvalue weighted by Crippen LogP contribution is -2.48. The number of para-hydroxylation sites is 2. The maximum absolute atomic E-state index is 12.3. The summed E-state index contributed by atoms with van der Waals surface area (Å²) in [7, 11) is 0. The van der Waals surface area contributed by atoms with Crippen molar-refractivity contribution in [2.24, 2.45) is 0 Å². The highest BCUT2D eigenvalue weighted by atomic mass is 16.5. The molecule has 142 valence electrons. The van der Waals surface area contributed by atoms with Crippen LogP contribution in [0.2, 0.25) is 0 Å².